The van der Waals surface area contributed by atoms with Gasteiger partial charge in [0.2, 0.25) is 11.8 Å². The van der Waals surface area contributed by atoms with Crippen LogP contribution in [0, 0.1) is 11.8 Å². The van der Waals surface area contributed by atoms with Crippen LogP contribution in [0.4, 0.5) is 0 Å². The molecular formula is C21H35N3O3. The van der Waals surface area contributed by atoms with Crippen LogP contribution in [-0.2, 0) is 14.3 Å². The predicted octanol–water partition coefficient (Wildman–Crippen LogP) is 1.78. The standard InChI is InChI=1S/C21H35N3O3/c1-3-6-20(26)24-12-17-16(18-9-10-21(17,14-24)27-18)11-22-19(25)13-23(2)15-7-4-5-8-15/h15-18H,3-14H2,1-2H3,(H,22,25)/t16-,17+,18+,21+/m0/s1. The number of carbonyl (C=O) groups excluding carboxylic acids is 2. The number of rotatable bonds is 7. The maximum absolute atomic E-state index is 12.5. The SMILES string of the molecule is CCCC(=O)N1C[C@@H]2[C@H](CNC(=O)CN(C)C3CCCC3)[C@H]3CC[C@]2(C1)O3. The third kappa shape index (κ3) is 3.63. The number of ether oxygens (including phenoxy) is 1. The molecule has 1 saturated carbocycles. The van der Waals surface area contributed by atoms with Gasteiger partial charge in [0, 0.05) is 37.4 Å². The summed E-state index contributed by atoms with van der Waals surface area (Å²) < 4.78 is 6.39. The predicted molar refractivity (Wildman–Crippen MR) is 103 cm³/mol. The van der Waals surface area contributed by atoms with E-state index in [0.29, 0.717) is 37.4 Å². The zero-order chi connectivity index (χ0) is 19.0. The van der Waals surface area contributed by atoms with Gasteiger partial charge in [-0.3, -0.25) is 14.5 Å². The number of hydrogen-bond donors (Lipinski definition) is 1. The molecule has 4 fully saturated rings. The third-order valence-electron chi connectivity index (χ3n) is 7.48. The van der Waals surface area contributed by atoms with Gasteiger partial charge in [-0.05, 0) is 39.2 Å². The lowest BCUT2D eigenvalue weighted by Crippen LogP contribution is -2.45. The van der Waals surface area contributed by atoms with Gasteiger partial charge in [0.15, 0.2) is 0 Å². The lowest BCUT2D eigenvalue weighted by Gasteiger charge is -2.29. The Bertz CT molecular complexity index is 577. The first-order chi connectivity index (χ1) is 13.0. The van der Waals surface area contributed by atoms with Gasteiger partial charge in [0.25, 0.3) is 0 Å². The van der Waals surface area contributed by atoms with E-state index in [1.165, 1.54) is 25.7 Å². The molecule has 2 amide bonds. The van der Waals surface area contributed by atoms with Crippen molar-refractivity contribution in [3.8, 4) is 0 Å². The molecule has 3 aliphatic heterocycles. The second-order valence-electron chi connectivity index (χ2n) is 9.21. The molecule has 3 saturated heterocycles. The van der Waals surface area contributed by atoms with Crippen LogP contribution in [0.2, 0.25) is 0 Å². The lowest BCUT2D eigenvalue weighted by molar-refractivity contribution is -0.132. The van der Waals surface area contributed by atoms with Crippen molar-refractivity contribution in [1.29, 1.82) is 0 Å². The monoisotopic (exact) mass is 377 g/mol. The molecule has 4 rings (SSSR count). The number of likely N-dealkylation sites (tertiary alicyclic amines) is 1. The first-order valence-electron chi connectivity index (χ1n) is 10.9. The second kappa shape index (κ2) is 7.70. The van der Waals surface area contributed by atoms with Gasteiger partial charge in [0.1, 0.15) is 0 Å². The summed E-state index contributed by atoms with van der Waals surface area (Å²) >= 11 is 0. The van der Waals surface area contributed by atoms with Crippen LogP contribution in [0.25, 0.3) is 0 Å². The maximum Gasteiger partial charge on any atom is 0.234 e. The zero-order valence-electron chi connectivity index (χ0n) is 16.9. The molecule has 0 aromatic carbocycles. The van der Waals surface area contributed by atoms with E-state index in [1.54, 1.807) is 0 Å². The molecule has 0 unspecified atom stereocenters. The van der Waals surface area contributed by atoms with Crippen molar-refractivity contribution < 1.29 is 14.3 Å². The number of likely N-dealkylation sites (N-methyl/N-ethyl adjacent to an activating group) is 1. The van der Waals surface area contributed by atoms with Crippen molar-refractivity contribution in [2.45, 2.75) is 76.0 Å². The van der Waals surface area contributed by atoms with Gasteiger partial charge in [0.05, 0.1) is 24.8 Å². The summed E-state index contributed by atoms with van der Waals surface area (Å²) in [6.07, 6.45) is 8.91. The van der Waals surface area contributed by atoms with Gasteiger partial charge < -0.3 is 15.0 Å². The Balaban J connectivity index is 1.30. The van der Waals surface area contributed by atoms with Crippen molar-refractivity contribution >= 4 is 11.8 Å². The van der Waals surface area contributed by atoms with Gasteiger partial charge in [-0.25, -0.2) is 0 Å². The first-order valence-corrected chi connectivity index (χ1v) is 10.9. The summed E-state index contributed by atoms with van der Waals surface area (Å²) in [6.45, 7) is 4.78. The highest BCUT2D eigenvalue weighted by atomic mass is 16.5. The Kier molecular flexibility index (Phi) is 5.48. The highest BCUT2D eigenvalue weighted by Gasteiger charge is 2.63. The van der Waals surface area contributed by atoms with Crippen LogP contribution >= 0.6 is 0 Å². The average molecular weight is 378 g/mol. The average Bonchev–Trinajstić information content (AvgIpc) is 3.39. The van der Waals surface area contributed by atoms with Crippen LogP contribution < -0.4 is 5.32 Å². The molecule has 1 N–H and O–H groups in total. The number of hydrogen-bond acceptors (Lipinski definition) is 4. The van der Waals surface area contributed by atoms with E-state index in [9.17, 15) is 9.59 Å². The summed E-state index contributed by atoms with van der Waals surface area (Å²) in [6, 6.07) is 0.567. The smallest absolute Gasteiger partial charge is 0.234 e. The van der Waals surface area contributed by atoms with E-state index >= 15 is 0 Å². The number of nitrogens with one attached hydrogen (secondary N) is 1. The second-order valence-corrected chi connectivity index (χ2v) is 9.21. The molecule has 0 aromatic heterocycles. The number of nitrogens with zero attached hydrogens (tertiary/aromatic N) is 2. The lowest BCUT2D eigenvalue weighted by atomic mass is 9.73. The maximum atomic E-state index is 12.5. The molecule has 6 nitrogen and oxygen atoms in total. The minimum absolute atomic E-state index is 0.123. The van der Waals surface area contributed by atoms with Crippen LogP contribution in [0.3, 0.4) is 0 Å². The Morgan fingerprint density at radius 3 is 2.78 bits per heavy atom. The Hall–Kier alpha value is -1.14. The van der Waals surface area contributed by atoms with E-state index in [0.717, 1.165) is 32.4 Å². The summed E-state index contributed by atoms with van der Waals surface area (Å²) in [7, 11) is 2.07. The molecular weight excluding hydrogens is 342 g/mol. The Labute approximate surface area is 163 Å². The molecule has 0 radical (unpaired) electrons. The van der Waals surface area contributed by atoms with Gasteiger partial charge in [-0.15, -0.1) is 0 Å². The third-order valence-corrected chi connectivity index (χ3v) is 7.48. The largest absolute Gasteiger partial charge is 0.369 e. The molecule has 4 atom stereocenters. The molecule has 1 spiro atoms. The van der Waals surface area contributed by atoms with E-state index in [2.05, 4.69) is 24.2 Å². The van der Waals surface area contributed by atoms with E-state index in [4.69, 9.17) is 4.74 Å². The molecule has 0 aromatic rings. The minimum Gasteiger partial charge on any atom is -0.369 e. The van der Waals surface area contributed by atoms with Crippen molar-refractivity contribution in [2.24, 2.45) is 11.8 Å². The fourth-order valence-corrected chi connectivity index (χ4v) is 6.01. The van der Waals surface area contributed by atoms with Crippen LogP contribution in [-0.4, -0.2) is 72.6 Å². The topological polar surface area (TPSA) is 61.9 Å². The number of carbonyl (C=O) groups is 2. The minimum atomic E-state index is -0.135. The number of fused-ring (bicyclic) bond motifs is 1. The van der Waals surface area contributed by atoms with E-state index in [-0.39, 0.29) is 23.5 Å². The van der Waals surface area contributed by atoms with Gasteiger partial charge >= 0.3 is 0 Å². The quantitative estimate of drug-likeness (QED) is 0.735. The fraction of sp³-hybridized carbons (Fsp3) is 0.905. The molecule has 6 heteroatoms. The summed E-state index contributed by atoms with van der Waals surface area (Å²) in [4.78, 5) is 29.0. The summed E-state index contributed by atoms with van der Waals surface area (Å²) in [5.74, 6) is 1.11. The molecule has 1 aliphatic carbocycles. The van der Waals surface area contributed by atoms with Gasteiger partial charge in [-0.1, -0.05) is 19.8 Å². The van der Waals surface area contributed by atoms with Crippen LogP contribution in [0.1, 0.15) is 58.3 Å². The molecule has 27 heavy (non-hydrogen) atoms. The van der Waals surface area contributed by atoms with Crippen molar-refractivity contribution in [2.75, 3.05) is 33.2 Å². The summed E-state index contributed by atoms with van der Waals surface area (Å²) in [5.41, 5.74) is -0.135. The first kappa shape index (κ1) is 19.2. The zero-order valence-corrected chi connectivity index (χ0v) is 16.9. The van der Waals surface area contributed by atoms with Crippen LogP contribution in [0.5, 0.6) is 0 Å². The van der Waals surface area contributed by atoms with Crippen molar-refractivity contribution in [3.63, 3.8) is 0 Å². The molecule has 4 aliphatic rings. The van der Waals surface area contributed by atoms with Crippen molar-refractivity contribution in [1.82, 2.24) is 15.1 Å². The molecule has 2 bridgehead atoms. The fourth-order valence-electron chi connectivity index (χ4n) is 6.01. The van der Waals surface area contributed by atoms with Crippen molar-refractivity contribution in [3.05, 3.63) is 0 Å². The molecule has 152 valence electrons. The Morgan fingerprint density at radius 1 is 1.26 bits per heavy atom. The van der Waals surface area contributed by atoms with E-state index < -0.39 is 0 Å². The Morgan fingerprint density at radius 2 is 2.04 bits per heavy atom. The van der Waals surface area contributed by atoms with E-state index in [1.807, 2.05) is 4.90 Å². The van der Waals surface area contributed by atoms with Crippen LogP contribution in [0.15, 0.2) is 0 Å². The van der Waals surface area contributed by atoms with Gasteiger partial charge in [-0.2, -0.15) is 0 Å². The highest BCUT2D eigenvalue weighted by Crippen LogP contribution is 2.54. The molecule has 3 heterocycles. The highest BCUT2D eigenvalue weighted by molar-refractivity contribution is 5.78. The summed E-state index contributed by atoms with van der Waals surface area (Å²) in [5, 5.41) is 3.18. The number of amides is 2. The normalized spacial score (nSPS) is 35.2.